The second-order valence-electron chi connectivity index (χ2n) is 7.92. The molecule has 1 aromatic rings. The van der Waals surface area contributed by atoms with Crippen LogP contribution in [0.3, 0.4) is 0 Å². The monoisotopic (exact) mass is 313 g/mol. The van der Waals surface area contributed by atoms with Crippen molar-refractivity contribution in [2.45, 2.75) is 43.1 Å². The number of carbonyl (C=O) groups is 1. The summed E-state index contributed by atoms with van der Waals surface area (Å²) < 4.78 is 0. The summed E-state index contributed by atoms with van der Waals surface area (Å²) in [4.78, 5) is 17.4. The van der Waals surface area contributed by atoms with Crippen LogP contribution < -0.4 is 5.73 Å². The zero-order chi connectivity index (χ0) is 16.1. The lowest BCUT2D eigenvalue weighted by atomic mass is 9.91. The first-order valence-corrected chi connectivity index (χ1v) is 8.87. The predicted molar refractivity (Wildman–Crippen MR) is 91.3 cm³/mol. The number of nitrogens with zero attached hydrogens (tertiary/aromatic N) is 2. The van der Waals surface area contributed by atoms with Crippen LogP contribution in [0.4, 0.5) is 0 Å². The fraction of sp³-hybridized carbons (Fsp3) is 0.632. The molecular weight excluding hydrogens is 286 g/mol. The number of benzene rings is 1. The molecular formula is C19H27N3O. The van der Waals surface area contributed by atoms with Crippen molar-refractivity contribution in [3.05, 3.63) is 35.4 Å². The van der Waals surface area contributed by atoms with Gasteiger partial charge in [-0.25, -0.2) is 0 Å². The van der Waals surface area contributed by atoms with Crippen molar-refractivity contribution < 1.29 is 4.79 Å². The Bertz CT molecular complexity index is 611. The fourth-order valence-electron chi connectivity index (χ4n) is 3.79. The van der Waals surface area contributed by atoms with Crippen LogP contribution in [0.5, 0.6) is 0 Å². The molecule has 1 heterocycles. The van der Waals surface area contributed by atoms with Crippen LogP contribution in [0.25, 0.3) is 0 Å². The van der Waals surface area contributed by atoms with Crippen molar-refractivity contribution in [3.8, 4) is 0 Å². The molecule has 0 aromatic heterocycles. The molecule has 4 nitrogen and oxygen atoms in total. The van der Waals surface area contributed by atoms with Crippen molar-refractivity contribution in [3.63, 3.8) is 0 Å². The quantitative estimate of drug-likeness (QED) is 0.917. The van der Waals surface area contributed by atoms with E-state index in [0.29, 0.717) is 5.91 Å². The first-order valence-electron chi connectivity index (χ1n) is 8.87. The van der Waals surface area contributed by atoms with Gasteiger partial charge >= 0.3 is 0 Å². The highest BCUT2D eigenvalue weighted by Gasteiger charge is 2.53. The van der Waals surface area contributed by atoms with Crippen molar-refractivity contribution in [2.75, 3.05) is 33.2 Å². The Kier molecular flexibility index (Phi) is 3.50. The van der Waals surface area contributed by atoms with Gasteiger partial charge in [-0.05, 0) is 50.3 Å². The van der Waals surface area contributed by atoms with Crippen LogP contribution in [0.1, 0.15) is 36.8 Å². The smallest absolute Gasteiger partial charge is 0.233 e. The molecule has 3 aliphatic rings. The summed E-state index contributed by atoms with van der Waals surface area (Å²) in [6.45, 7) is 3.69. The normalized spacial score (nSPS) is 25.2. The standard InChI is InChI=1S/C19H27N3O/c1-21-9-11-22(12-10-21)17(23)19(7-8-19)16-4-2-3-15(13-16)14-18(20)5-6-18/h2-4,13H,5-12,14,20H2,1H3. The van der Waals surface area contributed by atoms with Gasteiger partial charge in [0.2, 0.25) is 5.91 Å². The zero-order valence-corrected chi connectivity index (χ0v) is 14.1. The van der Waals surface area contributed by atoms with Crippen molar-refractivity contribution in [2.24, 2.45) is 5.73 Å². The summed E-state index contributed by atoms with van der Waals surface area (Å²) >= 11 is 0. The number of likely N-dealkylation sites (N-methyl/N-ethyl adjacent to an activating group) is 1. The van der Waals surface area contributed by atoms with E-state index in [1.165, 1.54) is 11.1 Å². The van der Waals surface area contributed by atoms with Crippen molar-refractivity contribution in [1.82, 2.24) is 9.80 Å². The van der Waals surface area contributed by atoms with Crippen LogP contribution in [-0.4, -0.2) is 54.5 Å². The fourth-order valence-corrected chi connectivity index (χ4v) is 3.79. The van der Waals surface area contributed by atoms with Gasteiger partial charge in [-0.3, -0.25) is 4.79 Å². The van der Waals surface area contributed by atoms with Gasteiger partial charge in [0, 0.05) is 31.7 Å². The first-order chi connectivity index (χ1) is 11.0. The van der Waals surface area contributed by atoms with E-state index in [4.69, 9.17) is 5.73 Å². The Balaban J connectivity index is 1.52. The molecule has 4 rings (SSSR count). The topological polar surface area (TPSA) is 49.6 Å². The highest BCUT2D eigenvalue weighted by Crippen LogP contribution is 2.50. The van der Waals surface area contributed by atoms with Gasteiger partial charge in [0.05, 0.1) is 5.41 Å². The first kappa shape index (κ1) is 15.2. The number of carbonyl (C=O) groups excluding carboxylic acids is 1. The Morgan fingerprint density at radius 2 is 1.83 bits per heavy atom. The Morgan fingerprint density at radius 3 is 2.43 bits per heavy atom. The second kappa shape index (κ2) is 5.32. The van der Waals surface area contributed by atoms with E-state index in [2.05, 4.69) is 41.1 Å². The van der Waals surface area contributed by atoms with Crippen LogP contribution in [-0.2, 0) is 16.6 Å². The van der Waals surface area contributed by atoms with Crippen LogP contribution in [0.2, 0.25) is 0 Å². The Labute approximate surface area is 138 Å². The number of nitrogens with two attached hydrogens (primary N) is 1. The zero-order valence-electron chi connectivity index (χ0n) is 14.1. The molecule has 1 amide bonds. The largest absolute Gasteiger partial charge is 0.339 e. The maximum absolute atomic E-state index is 13.1. The predicted octanol–water partition coefficient (Wildman–Crippen LogP) is 1.53. The molecule has 2 saturated carbocycles. The molecule has 0 spiro atoms. The summed E-state index contributed by atoms with van der Waals surface area (Å²) in [6.07, 6.45) is 5.19. The second-order valence-corrected chi connectivity index (χ2v) is 7.92. The van der Waals surface area contributed by atoms with Gasteiger partial charge in [0.1, 0.15) is 0 Å². The van der Waals surface area contributed by atoms with E-state index < -0.39 is 0 Å². The number of amides is 1. The highest BCUT2D eigenvalue weighted by molar-refractivity contribution is 5.91. The Hall–Kier alpha value is -1.39. The lowest BCUT2D eigenvalue weighted by molar-refractivity contribution is -0.135. The van der Waals surface area contributed by atoms with Crippen molar-refractivity contribution >= 4 is 5.91 Å². The molecule has 4 heteroatoms. The molecule has 0 unspecified atom stereocenters. The molecule has 0 radical (unpaired) electrons. The van der Waals surface area contributed by atoms with Gasteiger partial charge in [-0.1, -0.05) is 24.3 Å². The summed E-state index contributed by atoms with van der Waals surface area (Å²) in [5.41, 5.74) is 8.55. The van der Waals surface area contributed by atoms with Crippen molar-refractivity contribution in [1.29, 1.82) is 0 Å². The molecule has 124 valence electrons. The lowest BCUT2D eigenvalue weighted by Gasteiger charge is -2.35. The number of hydrogen-bond donors (Lipinski definition) is 1. The Morgan fingerprint density at radius 1 is 1.13 bits per heavy atom. The molecule has 2 N–H and O–H groups in total. The number of rotatable bonds is 4. The molecule has 1 aliphatic heterocycles. The van der Waals surface area contributed by atoms with E-state index >= 15 is 0 Å². The average molecular weight is 313 g/mol. The van der Waals surface area contributed by atoms with E-state index in [-0.39, 0.29) is 11.0 Å². The third-order valence-electron chi connectivity index (χ3n) is 5.88. The van der Waals surface area contributed by atoms with Gasteiger partial charge in [0.25, 0.3) is 0 Å². The van der Waals surface area contributed by atoms with Crippen LogP contribution >= 0.6 is 0 Å². The van der Waals surface area contributed by atoms with E-state index in [0.717, 1.165) is 58.3 Å². The summed E-state index contributed by atoms with van der Waals surface area (Å²) in [7, 11) is 2.12. The van der Waals surface area contributed by atoms with Gasteiger partial charge in [-0.2, -0.15) is 0 Å². The molecule has 0 bridgehead atoms. The molecule has 1 aromatic carbocycles. The SMILES string of the molecule is CN1CCN(C(=O)C2(c3cccc(CC4(N)CC4)c3)CC2)CC1. The summed E-state index contributed by atoms with van der Waals surface area (Å²) in [5, 5.41) is 0. The maximum Gasteiger partial charge on any atom is 0.233 e. The molecule has 23 heavy (non-hydrogen) atoms. The highest BCUT2D eigenvalue weighted by atomic mass is 16.2. The molecule has 1 saturated heterocycles. The summed E-state index contributed by atoms with van der Waals surface area (Å²) in [5.74, 6) is 0.344. The minimum Gasteiger partial charge on any atom is -0.339 e. The third-order valence-corrected chi connectivity index (χ3v) is 5.88. The van der Waals surface area contributed by atoms with E-state index in [1.807, 2.05) is 0 Å². The van der Waals surface area contributed by atoms with E-state index in [1.54, 1.807) is 0 Å². The molecule has 3 fully saturated rings. The lowest BCUT2D eigenvalue weighted by Crippen LogP contribution is -2.50. The minimum absolute atomic E-state index is 0.0246. The maximum atomic E-state index is 13.1. The van der Waals surface area contributed by atoms with Gasteiger partial charge < -0.3 is 15.5 Å². The molecule has 2 aliphatic carbocycles. The number of hydrogen-bond acceptors (Lipinski definition) is 3. The number of piperazine rings is 1. The third kappa shape index (κ3) is 2.90. The minimum atomic E-state index is -0.239. The van der Waals surface area contributed by atoms with Crippen LogP contribution in [0, 0.1) is 0 Å². The van der Waals surface area contributed by atoms with E-state index in [9.17, 15) is 4.79 Å². The molecule has 0 atom stereocenters. The van der Waals surface area contributed by atoms with Gasteiger partial charge in [-0.15, -0.1) is 0 Å². The van der Waals surface area contributed by atoms with Gasteiger partial charge in [0.15, 0.2) is 0 Å². The summed E-state index contributed by atoms with van der Waals surface area (Å²) in [6, 6.07) is 8.65. The van der Waals surface area contributed by atoms with Crippen LogP contribution in [0.15, 0.2) is 24.3 Å². The average Bonchev–Trinajstić information content (AvgIpc) is 3.45.